The van der Waals surface area contributed by atoms with E-state index >= 15 is 0 Å². The van der Waals surface area contributed by atoms with Crippen LogP contribution in [0.4, 0.5) is 11.8 Å². The number of nitrogens with one attached hydrogen (secondary N) is 3. The van der Waals surface area contributed by atoms with E-state index in [2.05, 4.69) is 25.0 Å². The third-order valence-electron chi connectivity index (χ3n) is 2.20. The summed E-state index contributed by atoms with van der Waals surface area (Å²) >= 11 is 5.96. The molecule has 0 aromatic carbocycles. The number of nitrogens with zero attached hydrogens (tertiary/aromatic N) is 2. The van der Waals surface area contributed by atoms with Gasteiger partial charge in [0.1, 0.15) is 10.7 Å². The highest BCUT2D eigenvalue weighted by atomic mass is 35.5. The minimum atomic E-state index is -3.76. The minimum absolute atomic E-state index is 0.0319. The second-order valence-electron chi connectivity index (χ2n) is 3.58. The van der Waals surface area contributed by atoms with Gasteiger partial charge in [0, 0.05) is 25.1 Å². The summed E-state index contributed by atoms with van der Waals surface area (Å²) in [6.07, 6.45) is 4.18. The lowest BCUT2D eigenvalue weighted by Crippen LogP contribution is -2.14. The predicted octanol–water partition coefficient (Wildman–Crippen LogP) is 1.69. The highest BCUT2D eigenvalue weighted by Crippen LogP contribution is 2.23. The third-order valence-corrected chi connectivity index (χ3v) is 3.79. The first kappa shape index (κ1) is 13.6. The third kappa shape index (κ3) is 3.15. The van der Waals surface area contributed by atoms with E-state index in [9.17, 15) is 8.42 Å². The first-order valence-electron chi connectivity index (χ1n) is 5.44. The van der Waals surface area contributed by atoms with Gasteiger partial charge in [0.25, 0.3) is 10.0 Å². The predicted molar refractivity (Wildman–Crippen MR) is 72.8 cm³/mol. The van der Waals surface area contributed by atoms with Crippen molar-refractivity contribution in [2.75, 3.05) is 16.6 Å². The Balaban J connectivity index is 2.28. The Hall–Kier alpha value is -1.80. The van der Waals surface area contributed by atoms with Crippen LogP contribution in [0.2, 0.25) is 5.02 Å². The zero-order valence-corrected chi connectivity index (χ0v) is 11.6. The quantitative estimate of drug-likeness (QED) is 0.780. The van der Waals surface area contributed by atoms with Crippen LogP contribution in [-0.4, -0.2) is 29.9 Å². The highest BCUT2D eigenvalue weighted by Gasteiger charge is 2.17. The number of sulfonamides is 1. The lowest BCUT2D eigenvalue weighted by atomic mass is 10.4. The van der Waals surface area contributed by atoms with Gasteiger partial charge >= 0.3 is 0 Å². The molecule has 0 spiro atoms. The van der Waals surface area contributed by atoms with Crippen molar-refractivity contribution in [3.05, 3.63) is 29.7 Å². The Labute approximate surface area is 115 Å². The van der Waals surface area contributed by atoms with Crippen LogP contribution >= 0.6 is 11.6 Å². The number of rotatable bonds is 5. The number of anilines is 2. The van der Waals surface area contributed by atoms with Crippen LogP contribution in [0.5, 0.6) is 0 Å². The van der Waals surface area contributed by atoms with Crippen LogP contribution in [0, 0.1) is 0 Å². The first-order chi connectivity index (χ1) is 9.03. The second-order valence-corrected chi connectivity index (χ2v) is 5.66. The van der Waals surface area contributed by atoms with Crippen LogP contribution < -0.4 is 10.0 Å². The largest absolute Gasteiger partial charge is 0.369 e. The van der Waals surface area contributed by atoms with Crippen LogP contribution in [-0.2, 0) is 10.0 Å². The van der Waals surface area contributed by atoms with E-state index in [0.717, 1.165) is 0 Å². The molecule has 0 aliphatic carbocycles. The van der Waals surface area contributed by atoms with Crippen LogP contribution in [0.1, 0.15) is 6.92 Å². The number of imidazole rings is 1. The Bertz CT molecular complexity index is 657. The van der Waals surface area contributed by atoms with Gasteiger partial charge in [-0.3, -0.25) is 0 Å². The van der Waals surface area contributed by atoms with Gasteiger partial charge < -0.3 is 10.3 Å². The molecule has 0 amide bonds. The summed E-state index contributed by atoms with van der Waals surface area (Å²) in [5, 5.41) is 3.16. The first-order valence-corrected chi connectivity index (χ1v) is 7.30. The van der Waals surface area contributed by atoms with Gasteiger partial charge in [-0.05, 0) is 13.0 Å². The maximum absolute atomic E-state index is 12.0. The number of aromatic nitrogens is 3. The molecule has 9 heteroatoms. The Morgan fingerprint density at radius 2 is 2.21 bits per heavy atom. The minimum Gasteiger partial charge on any atom is -0.369 e. The fourth-order valence-electron chi connectivity index (χ4n) is 1.37. The molecule has 7 nitrogen and oxygen atoms in total. The van der Waals surface area contributed by atoms with E-state index in [4.69, 9.17) is 11.6 Å². The maximum Gasteiger partial charge on any atom is 0.265 e. The van der Waals surface area contributed by atoms with Crippen LogP contribution in [0.15, 0.2) is 29.6 Å². The fourth-order valence-corrected chi connectivity index (χ4v) is 2.62. The van der Waals surface area contributed by atoms with E-state index < -0.39 is 10.0 Å². The number of halogens is 1. The molecule has 0 aliphatic rings. The van der Waals surface area contributed by atoms with Crippen molar-refractivity contribution in [1.82, 2.24) is 15.0 Å². The molecule has 102 valence electrons. The molecular formula is C10H12ClN5O2S. The molecule has 2 aromatic rings. The molecule has 0 aliphatic heterocycles. The van der Waals surface area contributed by atoms with Crippen molar-refractivity contribution in [3.63, 3.8) is 0 Å². The van der Waals surface area contributed by atoms with E-state index in [1.807, 2.05) is 6.92 Å². The summed E-state index contributed by atoms with van der Waals surface area (Å²) in [5.41, 5.74) is 0. The van der Waals surface area contributed by atoms with E-state index in [1.165, 1.54) is 24.7 Å². The van der Waals surface area contributed by atoms with Crippen molar-refractivity contribution >= 4 is 33.4 Å². The number of hydrogen-bond acceptors (Lipinski definition) is 5. The number of H-pyrrole nitrogens is 1. The molecule has 2 rings (SSSR count). The molecule has 2 heterocycles. The van der Waals surface area contributed by atoms with Gasteiger partial charge in [0.2, 0.25) is 5.95 Å². The van der Waals surface area contributed by atoms with Gasteiger partial charge in [0.05, 0.1) is 5.02 Å². The summed E-state index contributed by atoms with van der Waals surface area (Å²) < 4.78 is 26.3. The van der Waals surface area contributed by atoms with Crippen molar-refractivity contribution < 1.29 is 8.42 Å². The van der Waals surface area contributed by atoms with E-state index in [0.29, 0.717) is 12.4 Å². The molecule has 0 atom stereocenters. The summed E-state index contributed by atoms with van der Waals surface area (Å²) in [4.78, 5) is 10.4. The number of hydrogen-bond donors (Lipinski definition) is 3. The number of pyridine rings is 1. The SMILES string of the molecule is CCNc1ncc(S(=O)(=O)Nc2ncc[nH]2)cc1Cl. The molecule has 19 heavy (non-hydrogen) atoms. The summed E-state index contributed by atoms with van der Waals surface area (Å²) in [6, 6.07) is 1.33. The topological polar surface area (TPSA) is 99.8 Å². The van der Waals surface area contributed by atoms with Gasteiger partial charge in [-0.2, -0.15) is 0 Å². The van der Waals surface area contributed by atoms with Gasteiger partial charge in [0.15, 0.2) is 0 Å². The Morgan fingerprint density at radius 3 is 2.79 bits per heavy atom. The summed E-state index contributed by atoms with van der Waals surface area (Å²) in [7, 11) is -3.76. The van der Waals surface area contributed by atoms with Crippen LogP contribution in [0.3, 0.4) is 0 Å². The molecule has 0 saturated carbocycles. The van der Waals surface area contributed by atoms with Gasteiger partial charge in [-0.1, -0.05) is 11.6 Å². The lowest BCUT2D eigenvalue weighted by molar-refractivity contribution is 0.600. The Morgan fingerprint density at radius 1 is 1.42 bits per heavy atom. The monoisotopic (exact) mass is 301 g/mol. The highest BCUT2D eigenvalue weighted by molar-refractivity contribution is 7.92. The normalized spacial score (nSPS) is 11.3. The average molecular weight is 302 g/mol. The molecule has 0 fully saturated rings. The molecule has 0 bridgehead atoms. The fraction of sp³-hybridized carbons (Fsp3) is 0.200. The smallest absolute Gasteiger partial charge is 0.265 e. The summed E-state index contributed by atoms with van der Waals surface area (Å²) in [6.45, 7) is 2.53. The molecule has 2 aromatic heterocycles. The Kier molecular flexibility index (Phi) is 3.91. The zero-order chi connectivity index (χ0) is 13.9. The van der Waals surface area contributed by atoms with Crippen molar-refractivity contribution in [2.45, 2.75) is 11.8 Å². The number of aromatic amines is 1. The lowest BCUT2D eigenvalue weighted by Gasteiger charge is -2.08. The van der Waals surface area contributed by atoms with Crippen molar-refractivity contribution in [3.8, 4) is 0 Å². The molecule has 0 radical (unpaired) electrons. The molecular weight excluding hydrogens is 290 g/mol. The van der Waals surface area contributed by atoms with E-state index in [-0.39, 0.29) is 15.9 Å². The second kappa shape index (κ2) is 5.45. The summed E-state index contributed by atoms with van der Waals surface area (Å²) in [5.74, 6) is 0.577. The van der Waals surface area contributed by atoms with Crippen molar-refractivity contribution in [2.24, 2.45) is 0 Å². The molecule has 3 N–H and O–H groups in total. The van der Waals surface area contributed by atoms with E-state index in [1.54, 1.807) is 0 Å². The maximum atomic E-state index is 12.0. The van der Waals surface area contributed by atoms with Gasteiger partial charge in [-0.15, -0.1) is 0 Å². The van der Waals surface area contributed by atoms with Crippen LogP contribution in [0.25, 0.3) is 0 Å². The average Bonchev–Trinajstić information content (AvgIpc) is 2.84. The van der Waals surface area contributed by atoms with Gasteiger partial charge in [-0.25, -0.2) is 23.1 Å². The molecule has 0 saturated heterocycles. The molecule has 0 unspecified atom stereocenters. The van der Waals surface area contributed by atoms with Crippen molar-refractivity contribution in [1.29, 1.82) is 0 Å². The zero-order valence-electron chi connectivity index (χ0n) is 10.0. The standard InChI is InChI=1S/C10H12ClN5O2S/c1-2-12-9-8(11)5-7(6-15-9)19(17,18)16-10-13-3-4-14-10/h3-6H,2H2,1H3,(H,12,15)(H2,13,14,16).